The number of hydrogen-bond donors (Lipinski definition) is 4. The Hall–Kier alpha value is -2.50. The molecule has 3 aromatic carbocycles. The Kier molecular flexibility index (Phi) is 7.99. The molecule has 0 aromatic heterocycles. The van der Waals surface area contributed by atoms with Crippen LogP contribution in [0.5, 0.6) is 0 Å². The Morgan fingerprint density at radius 3 is 2.48 bits per heavy atom. The highest BCUT2D eigenvalue weighted by atomic mass is 32.1. The van der Waals surface area contributed by atoms with Crippen molar-refractivity contribution in [3.63, 3.8) is 0 Å². The first-order valence-corrected chi connectivity index (χ1v) is 11.6. The van der Waals surface area contributed by atoms with E-state index in [-0.39, 0.29) is 18.0 Å². The van der Waals surface area contributed by atoms with Gasteiger partial charge in [0.05, 0.1) is 0 Å². The molecule has 4 N–H and O–H groups in total. The summed E-state index contributed by atoms with van der Waals surface area (Å²) in [7, 11) is 0. The van der Waals surface area contributed by atoms with E-state index in [0.717, 1.165) is 34.0 Å². The Bertz CT molecular complexity index is 1030. The van der Waals surface area contributed by atoms with E-state index in [4.69, 9.17) is 5.73 Å². The summed E-state index contributed by atoms with van der Waals surface area (Å²) in [5.41, 5.74) is 9.58. The van der Waals surface area contributed by atoms with Crippen molar-refractivity contribution in [1.29, 1.82) is 0 Å². The lowest BCUT2D eigenvalue weighted by Crippen LogP contribution is -2.34. The lowest BCUT2D eigenvalue weighted by atomic mass is 9.93. The third-order valence-electron chi connectivity index (χ3n) is 5.35. The van der Waals surface area contributed by atoms with E-state index in [0.29, 0.717) is 23.8 Å². The molecule has 0 saturated carbocycles. The monoisotopic (exact) mass is 435 g/mol. The van der Waals surface area contributed by atoms with E-state index >= 15 is 0 Å². The van der Waals surface area contributed by atoms with Crippen LogP contribution < -0.4 is 16.4 Å². The predicted molar refractivity (Wildman–Crippen MR) is 136 cm³/mol. The highest BCUT2D eigenvalue weighted by molar-refractivity contribution is 7.80. The Morgan fingerprint density at radius 1 is 1.00 bits per heavy atom. The number of hydrogen-bond acceptors (Lipinski definition) is 4. The third-order valence-corrected chi connectivity index (χ3v) is 5.82. The Labute approximate surface area is 191 Å². The minimum absolute atomic E-state index is 0.0378. The molecule has 0 aliphatic heterocycles. The van der Waals surface area contributed by atoms with Gasteiger partial charge >= 0.3 is 0 Å². The number of fused-ring (bicyclic) bond motifs is 1. The Morgan fingerprint density at radius 2 is 1.74 bits per heavy atom. The molecule has 31 heavy (non-hydrogen) atoms. The zero-order valence-corrected chi connectivity index (χ0v) is 19.5. The maximum Gasteiger partial charge on any atom is 0.252 e. The van der Waals surface area contributed by atoms with Gasteiger partial charge in [0.15, 0.2) is 0 Å². The van der Waals surface area contributed by atoms with E-state index in [9.17, 15) is 4.79 Å². The summed E-state index contributed by atoms with van der Waals surface area (Å²) in [4.78, 5) is 13.2. The molecule has 164 valence electrons. The maximum absolute atomic E-state index is 13.2. The van der Waals surface area contributed by atoms with Gasteiger partial charge in [0, 0.05) is 35.6 Å². The standard InChI is InChI=1S/C26H33N3OS/c1-17(2)13-18(3)29-26(30)24-12-11-21(28-15-20(27)16-31)14-25(24)23-10-6-8-19-7-4-5-9-22(19)23/h4-12,14,17-18,20,28,31H,13,15-16,27H2,1-3H3,(H,29,30). The molecular formula is C26H33N3OS. The van der Waals surface area contributed by atoms with Gasteiger partial charge in [-0.3, -0.25) is 4.79 Å². The molecule has 3 aromatic rings. The van der Waals surface area contributed by atoms with Gasteiger partial charge in [-0.25, -0.2) is 0 Å². The zero-order chi connectivity index (χ0) is 22.4. The van der Waals surface area contributed by atoms with Crippen molar-refractivity contribution in [3.8, 4) is 11.1 Å². The van der Waals surface area contributed by atoms with E-state index in [1.165, 1.54) is 0 Å². The van der Waals surface area contributed by atoms with E-state index in [1.807, 2.05) is 30.3 Å². The van der Waals surface area contributed by atoms with Gasteiger partial charge in [-0.2, -0.15) is 12.6 Å². The number of thiol groups is 1. The number of amides is 1. The van der Waals surface area contributed by atoms with Gasteiger partial charge < -0.3 is 16.4 Å². The van der Waals surface area contributed by atoms with Gasteiger partial charge in [0.25, 0.3) is 5.91 Å². The van der Waals surface area contributed by atoms with E-state index in [2.05, 4.69) is 74.4 Å². The largest absolute Gasteiger partial charge is 0.383 e. The first kappa shape index (κ1) is 23.2. The average Bonchev–Trinajstić information content (AvgIpc) is 2.76. The summed E-state index contributed by atoms with van der Waals surface area (Å²) in [6, 6.07) is 20.4. The van der Waals surface area contributed by atoms with Crippen LogP contribution in [0, 0.1) is 5.92 Å². The molecule has 0 heterocycles. The predicted octanol–water partition coefficient (Wildman–Crippen LogP) is 5.34. The van der Waals surface area contributed by atoms with Gasteiger partial charge in [0.2, 0.25) is 0 Å². The molecule has 0 aliphatic carbocycles. The second-order valence-corrected chi connectivity index (χ2v) is 8.98. The van der Waals surface area contributed by atoms with Gasteiger partial charge in [0.1, 0.15) is 0 Å². The molecule has 0 bridgehead atoms. The van der Waals surface area contributed by atoms with Crippen molar-refractivity contribution in [2.45, 2.75) is 39.3 Å². The highest BCUT2D eigenvalue weighted by Gasteiger charge is 2.18. The number of nitrogens with one attached hydrogen (secondary N) is 2. The number of carbonyl (C=O) groups excluding carboxylic acids is 1. The topological polar surface area (TPSA) is 67.2 Å². The second-order valence-electron chi connectivity index (χ2n) is 8.61. The van der Waals surface area contributed by atoms with Crippen LogP contribution in [-0.4, -0.2) is 30.3 Å². The summed E-state index contributed by atoms with van der Waals surface area (Å²) in [5, 5.41) is 8.83. The fourth-order valence-electron chi connectivity index (χ4n) is 3.92. The summed E-state index contributed by atoms with van der Waals surface area (Å²) in [5.74, 6) is 1.09. The van der Waals surface area contributed by atoms with Crippen LogP contribution in [0.1, 0.15) is 37.6 Å². The first-order chi connectivity index (χ1) is 14.9. The molecule has 2 atom stereocenters. The number of carbonyl (C=O) groups is 1. The quantitative estimate of drug-likeness (QED) is 0.343. The van der Waals surface area contributed by atoms with Crippen LogP contribution in [0.2, 0.25) is 0 Å². The van der Waals surface area contributed by atoms with Crippen LogP contribution in [0.3, 0.4) is 0 Å². The van der Waals surface area contributed by atoms with Crippen molar-refractivity contribution in [2.24, 2.45) is 11.7 Å². The van der Waals surface area contributed by atoms with Gasteiger partial charge in [-0.15, -0.1) is 0 Å². The van der Waals surface area contributed by atoms with Crippen LogP contribution in [0.4, 0.5) is 5.69 Å². The van der Waals surface area contributed by atoms with Crippen molar-refractivity contribution in [1.82, 2.24) is 5.32 Å². The van der Waals surface area contributed by atoms with E-state index < -0.39 is 0 Å². The number of rotatable bonds is 9. The smallest absolute Gasteiger partial charge is 0.252 e. The third kappa shape index (κ3) is 6.02. The van der Waals surface area contributed by atoms with Crippen molar-refractivity contribution in [2.75, 3.05) is 17.6 Å². The fraction of sp³-hybridized carbons (Fsp3) is 0.346. The van der Waals surface area contributed by atoms with Crippen LogP contribution in [-0.2, 0) is 0 Å². The molecule has 1 amide bonds. The zero-order valence-electron chi connectivity index (χ0n) is 18.6. The molecule has 0 radical (unpaired) electrons. The van der Waals surface area contributed by atoms with Gasteiger partial charge in [-0.1, -0.05) is 56.3 Å². The van der Waals surface area contributed by atoms with Crippen LogP contribution >= 0.6 is 12.6 Å². The molecule has 3 rings (SSSR count). The van der Waals surface area contributed by atoms with Crippen LogP contribution in [0.15, 0.2) is 60.7 Å². The minimum Gasteiger partial charge on any atom is -0.383 e. The SMILES string of the molecule is CC(C)CC(C)NC(=O)c1ccc(NCC(N)CS)cc1-c1cccc2ccccc12. The molecular weight excluding hydrogens is 402 g/mol. The molecule has 0 fully saturated rings. The Balaban J connectivity index is 2.03. The molecule has 0 spiro atoms. The van der Waals surface area contributed by atoms with Gasteiger partial charge in [-0.05, 0) is 59.4 Å². The number of nitrogens with two attached hydrogens (primary N) is 1. The van der Waals surface area contributed by atoms with Crippen LogP contribution in [0.25, 0.3) is 21.9 Å². The lowest BCUT2D eigenvalue weighted by molar-refractivity contribution is 0.0937. The first-order valence-electron chi connectivity index (χ1n) is 10.9. The number of anilines is 1. The summed E-state index contributed by atoms with van der Waals surface area (Å²) < 4.78 is 0. The normalized spacial score (nSPS) is 13.2. The minimum atomic E-state index is -0.0466. The highest BCUT2D eigenvalue weighted by Crippen LogP contribution is 2.33. The van der Waals surface area contributed by atoms with E-state index in [1.54, 1.807) is 0 Å². The summed E-state index contributed by atoms with van der Waals surface area (Å²) in [6.07, 6.45) is 0.941. The molecule has 0 saturated heterocycles. The number of benzene rings is 3. The molecule has 0 aliphatic rings. The molecule has 4 nitrogen and oxygen atoms in total. The average molecular weight is 436 g/mol. The lowest BCUT2D eigenvalue weighted by Gasteiger charge is -2.19. The molecule has 2 unspecified atom stereocenters. The van der Waals surface area contributed by atoms with Crippen molar-refractivity contribution in [3.05, 3.63) is 66.2 Å². The fourth-order valence-corrected chi connectivity index (χ4v) is 4.05. The summed E-state index contributed by atoms with van der Waals surface area (Å²) in [6.45, 7) is 7.01. The second kappa shape index (κ2) is 10.7. The molecule has 5 heteroatoms. The van der Waals surface area contributed by atoms with Crippen molar-refractivity contribution >= 4 is 35.0 Å². The van der Waals surface area contributed by atoms with Crippen molar-refractivity contribution < 1.29 is 4.79 Å². The maximum atomic E-state index is 13.2. The summed E-state index contributed by atoms with van der Waals surface area (Å²) >= 11 is 4.26.